The van der Waals surface area contributed by atoms with Crippen molar-refractivity contribution in [1.29, 1.82) is 0 Å². The summed E-state index contributed by atoms with van der Waals surface area (Å²) < 4.78 is 6.36. The zero-order valence-corrected chi connectivity index (χ0v) is 15.0. The standard InChI is InChI=1S/C20H17N5O3/c1-28-16-4-2-3-13(9-16)17-7-8-20(27)25(24-17)12-19(26)22-15-6-5-14-11-21-23-18(14)10-15/h2-11H,12H2,1H3,(H,21,23)(H,22,26). The number of hydrogen-bond donors (Lipinski definition) is 2. The second-order valence-electron chi connectivity index (χ2n) is 6.17. The number of rotatable bonds is 5. The first-order chi connectivity index (χ1) is 13.6. The Hall–Kier alpha value is -3.94. The summed E-state index contributed by atoms with van der Waals surface area (Å²) in [5.74, 6) is 0.334. The molecule has 0 saturated carbocycles. The predicted molar refractivity (Wildman–Crippen MR) is 105 cm³/mol. The minimum absolute atomic E-state index is 0.197. The average Bonchev–Trinajstić information content (AvgIpc) is 3.17. The van der Waals surface area contributed by atoms with E-state index in [9.17, 15) is 9.59 Å². The number of aromatic amines is 1. The number of nitrogens with zero attached hydrogens (tertiary/aromatic N) is 3. The normalized spacial score (nSPS) is 10.8. The van der Waals surface area contributed by atoms with E-state index >= 15 is 0 Å². The Morgan fingerprint density at radius 1 is 1.18 bits per heavy atom. The highest BCUT2D eigenvalue weighted by Gasteiger charge is 2.10. The van der Waals surface area contributed by atoms with E-state index in [1.807, 2.05) is 30.3 Å². The van der Waals surface area contributed by atoms with Gasteiger partial charge < -0.3 is 10.1 Å². The van der Waals surface area contributed by atoms with Crippen LogP contribution < -0.4 is 15.6 Å². The third kappa shape index (κ3) is 3.61. The number of amides is 1. The maximum atomic E-state index is 12.4. The van der Waals surface area contributed by atoms with Crippen LogP contribution in [0.5, 0.6) is 5.75 Å². The highest BCUT2D eigenvalue weighted by atomic mass is 16.5. The molecule has 0 bridgehead atoms. The largest absolute Gasteiger partial charge is 0.497 e. The monoisotopic (exact) mass is 375 g/mol. The van der Waals surface area contributed by atoms with Crippen molar-refractivity contribution in [2.75, 3.05) is 12.4 Å². The van der Waals surface area contributed by atoms with Crippen LogP contribution in [0.4, 0.5) is 5.69 Å². The number of hydrogen-bond acceptors (Lipinski definition) is 5. The van der Waals surface area contributed by atoms with Gasteiger partial charge in [0.1, 0.15) is 12.3 Å². The number of anilines is 1. The van der Waals surface area contributed by atoms with Crippen LogP contribution in [0.2, 0.25) is 0 Å². The number of carbonyl (C=O) groups is 1. The molecule has 0 unspecified atom stereocenters. The first-order valence-electron chi connectivity index (χ1n) is 8.58. The maximum absolute atomic E-state index is 12.4. The van der Waals surface area contributed by atoms with E-state index < -0.39 is 0 Å². The smallest absolute Gasteiger partial charge is 0.267 e. The molecule has 140 valence electrons. The van der Waals surface area contributed by atoms with Gasteiger partial charge in [-0.1, -0.05) is 12.1 Å². The molecule has 8 heteroatoms. The van der Waals surface area contributed by atoms with Gasteiger partial charge >= 0.3 is 0 Å². The quantitative estimate of drug-likeness (QED) is 0.558. The van der Waals surface area contributed by atoms with Crippen LogP contribution in [-0.4, -0.2) is 33.0 Å². The van der Waals surface area contributed by atoms with Gasteiger partial charge in [0.05, 0.1) is 24.5 Å². The van der Waals surface area contributed by atoms with Crippen LogP contribution in [0.25, 0.3) is 22.2 Å². The van der Waals surface area contributed by atoms with E-state index in [1.165, 1.54) is 6.07 Å². The average molecular weight is 375 g/mol. The fraction of sp³-hybridized carbons (Fsp3) is 0.100. The number of methoxy groups -OCH3 is 1. The Morgan fingerprint density at radius 2 is 2.07 bits per heavy atom. The Balaban J connectivity index is 1.54. The van der Waals surface area contributed by atoms with Crippen LogP contribution in [0.15, 0.2) is 65.6 Å². The van der Waals surface area contributed by atoms with E-state index in [-0.39, 0.29) is 18.0 Å². The molecule has 0 atom stereocenters. The lowest BCUT2D eigenvalue weighted by atomic mass is 10.1. The minimum Gasteiger partial charge on any atom is -0.497 e. The van der Waals surface area contributed by atoms with E-state index in [0.717, 1.165) is 21.1 Å². The third-order valence-electron chi connectivity index (χ3n) is 4.25. The number of aromatic nitrogens is 4. The van der Waals surface area contributed by atoms with Gasteiger partial charge in [0.2, 0.25) is 5.91 Å². The van der Waals surface area contributed by atoms with Crippen LogP contribution in [-0.2, 0) is 11.3 Å². The zero-order valence-electron chi connectivity index (χ0n) is 15.0. The first kappa shape index (κ1) is 17.5. The molecule has 0 fully saturated rings. The lowest BCUT2D eigenvalue weighted by molar-refractivity contribution is -0.117. The van der Waals surface area contributed by atoms with E-state index in [2.05, 4.69) is 20.6 Å². The van der Waals surface area contributed by atoms with E-state index in [4.69, 9.17) is 4.74 Å². The molecule has 2 N–H and O–H groups in total. The van der Waals surface area contributed by atoms with Crippen LogP contribution >= 0.6 is 0 Å². The Bertz CT molecular complexity index is 1210. The second kappa shape index (κ2) is 7.36. The van der Waals surface area contributed by atoms with Gasteiger partial charge in [-0.25, -0.2) is 4.68 Å². The Morgan fingerprint density at radius 3 is 2.93 bits per heavy atom. The molecule has 4 rings (SSSR count). The molecule has 1 amide bonds. The zero-order chi connectivity index (χ0) is 19.5. The van der Waals surface area contributed by atoms with Gasteiger partial charge in [0.15, 0.2) is 0 Å². The molecule has 0 radical (unpaired) electrons. The molecule has 28 heavy (non-hydrogen) atoms. The maximum Gasteiger partial charge on any atom is 0.267 e. The molecular formula is C20H17N5O3. The molecule has 8 nitrogen and oxygen atoms in total. The molecule has 0 saturated heterocycles. The van der Waals surface area contributed by atoms with Crippen molar-refractivity contribution < 1.29 is 9.53 Å². The number of nitrogens with one attached hydrogen (secondary N) is 2. The summed E-state index contributed by atoms with van der Waals surface area (Å²) in [6.45, 7) is -0.197. The molecule has 0 aliphatic rings. The van der Waals surface area contributed by atoms with E-state index in [1.54, 1.807) is 31.5 Å². The van der Waals surface area contributed by atoms with Crippen molar-refractivity contribution in [3.63, 3.8) is 0 Å². The molecule has 2 heterocycles. The van der Waals surface area contributed by atoms with Crippen molar-refractivity contribution in [2.45, 2.75) is 6.54 Å². The first-order valence-corrected chi connectivity index (χ1v) is 8.58. The summed E-state index contributed by atoms with van der Waals surface area (Å²) >= 11 is 0. The number of carbonyl (C=O) groups excluding carboxylic acids is 1. The molecule has 0 aliphatic carbocycles. The van der Waals surface area contributed by atoms with Crippen molar-refractivity contribution >= 4 is 22.5 Å². The van der Waals surface area contributed by atoms with Gasteiger partial charge in [-0.3, -0.25) is 14.7 Å². The van der Waals surface area contributed by atoms with Crippen molar-refractivity contribution in [3.05, 3.63) is 71.1 Å². The summed E-state index contributed by atoms with van der Waals surface area (Å²) in [6.07, 6.45) is 1.70. The molecule has 4 aromatic rings. The van der Waals surface area contributed by atoms with Crippen LogP contribution in [0.1, 0.15) is 0 Å². The second-order valence-corrected chi connectivity index (χ2v) is 6.17. The third-order valence-corrected chi connectivity index (χ3v) is 4.25. The van der Waals surface area contributed by atoms with Gasteiger partial charge in [-0.15, -0.1) is 0 Å². The summed E-state index contributed by atoms with van der Waals surface area (Å²) in [7, 11) is 1.58. The number of H-pyrrole nitrogens is 1. The van der Waals surface area contributed by atoms with Crippen LogP contribution in [0, 0.1) is 0 Å². The van der Waals surface area contributed by atoms with Crippen molar-refractivity contribution in [3.8, 4) is 17.0 Å². The number of benzene rings is 2. The highest BCUT2D eigenvalue weighted by Crippen LogP contribution is 2.21. The summed E-state index contributed by atoms with van der Waals surface area (Å²) in [6, 6.07) is 15.8. The lowest BCUT2D eigenvalue weighted by Crippen LogP contribution is -2.29. The SMILES string of the molecule is COc1cccc(-c2ccc(=O)n(CC(=O)Nc3ccc4cn[nH]c4c3)n2)c1. The molecule has 0 aliphatic heterocycles. The number of fused-ring (bicyclic) bond motifs is 1. The Kier molecular flexibility index (Phi) is 4.59. The van der Waals surface area contributed by atoms with Crippen molar-refractivity contribution in [2.24, 2.45) is 0 Å². The number of ether oxygens (including phenoxy) is 1. The van der Waals surface area contributed by atoms with Crippen molar-refractivity contribution in [1.82, 2.24) is 20.0 Å². The fourth-order valence-electron chi connectivity index (χ4n) is 2.85. The van der Waals surface area contributed by atoms with Gasteiger partial charge in [-0.2, -0.15) is 10.2 Å². The molecule has 0 spiro atoms. The predicted octanol–water partition coefficient (Wildman–Crippen LogP) is 2.43. The van der Waals surface area contributed by atoms with Gasteiger partial charge in [0.25, 0.3) is 5.56 Å². The van der Waals surface area contributed by atoms with Gasteiger partial charge in [-0.05, 0) is 36.4 Å². The highest BCUT2D eigenvalue weighted by molar-refractivity contribution is 5.93. The topological polar surface area (TPSA) is 102 Å². The summed E-state index contributed by atoms with van der Waals surface area (Å²) in [5, 5.41) is 14.8. The molecule has 2 aromatic heterocycles. The summed E-state index contributed by atoms with van der Waals surface area (Å²) in [4.78, 5) is 24.5. The summed E-state index contributed by atoms with van der Waals surface area (Å²) in [5.41, 5.74) is 2.43. The fourth-order valence-corrected chi connectivity index (χ4v) is 2.85. The van der Waals surface area contributed by atoms with E-state index in [0.29, 0.717) is 17.1 Å². The Labute approximate surface area is 159 Å². The minimum atomic E-state index is -0.356. The van der Waals surface area contributed by atoms with Crippen LogP contribution in [0.3, 0.4) is 0 Å². The van der Waals surface area contributed by atoms with Gasteiger partial charge in [0, 0.05) is 22.7 Å². The molecular weight excluding hydrogens is 358 g/mol. The lowest BCUT2D eigenvalue weighted by Gasteiger charge is -2.09. The molecule has 2 aromatic carbocycles.